The summed E-state index contributed by atoms with van der Waals surface area (Å²) in [6.07, 6.45) is 1.26. The summed E-state index contributed by atoms with van der Waals surface area (Å²) in [5.41, 5.74) is 12.2. The molecule has 6 heteroatoms. The molecule has 6 N–H and O–H groups in total. The molecule has 0 aliphatic heterocycles. The summed E-state index contributed by atoms with van der Waals surface area (Å²) in [5.74, 6) is -0.571. The summed E-state index contributed by atoms with van der Waals surface area (Å²) in [5, 5.41) is 5.95. The van der Waals surface area contributed by atoms with E-state index in [2.05, 4.69) is 10.6 Å². The van der Waals surface area contributed by atoms with Gasteiger partial charge in [0, 0.05) is 30.4 Å². The van der Waals surface area contributed by atoms with Gasteiger partial charge in [-0.2, -0.15) is 0 Å². The number of benzene rings is 1. The monoisotopic (exact) mass is 278 g/mol. The molecule has 1 aromatic rings. The second-order valence-corrected chi connectivity index (χ2v) is 4.72. The normalized spacial score (nSPS) is 11.7. The van der Waals surface area contributed by atoms with Crippen LogP contribution in [0.3, 0.4) is 0 Å². The highest BCUT2D eigenvalue weighted by molar-refractivity contribution is 5.98. The maximum atomic E-state index is 11.6. The Kier molecular flexibility index (Phi) is 5.83. The molecule has 0 aromatic heterocycles. The average molecular weight is 278 g/mol. The van der Waals surface area contributed by atoms with Crippen LogP contribution in [0.2, 0.25) is 0 Å². The van der Waals surface area contributed by atoms with Crippen LogP contribution in [0.25, 0.3) is 0 Å². The first-order valence-corrected chi connectivity index (χ1v) is 6.66. The van der Waals surface area contributed by atoms with Gasteiger partial charge >= 0.3 is 0 Å². The third-order valence-corrected chi connectivity index (χ3v) is 3.02. The van der Waals surface area contributed by atoms with E-state index in [0.29, 0.717) is 24.3 Å². The quantitative estimate of drug-likeness (QED) is 0.559. The summed E-state index contributed by atoms with van der Waals surface area (Å²) < 4.78 is 0. The molecule has 0 radical (unpaired) electrons. The highest BCUT2D eigenvalue weighted by atomic mass is 16.2. The maximum Gasteiger partial charge on any atom is 0.250 e. The number of anilines is 2. The van der Waals surface area contributed by atoms with Crippen LogP contribution < -0.4 is 22.1 Å². The fourth-order valence-electron chi connectivity index (χ4n) is 1.65. The van der Waals surface area contributed by atoms with Gasteiger partial charge in [-0.3, -0.25) is 9.59 Å². The Morgan fingerprint density at radius 2 is 2.05 bits per heavy atom. The van der Waals surface area contributed by atoms with Crippen molar-refractivity contribution < 1.29 is 9.59 Å². The second kappa shape index (κ2) is 7.37. The minimum absolute atomic E-state index is 0.00239. The van der Waals surface area contributed by atoms with Crippen LogP contribution in [-0.2, 0) is 4.79 Å². The Balaban J connectivity index is 2.48. The van der Waals surface area contributed by atoms with Gasteiger partial charge in [0.25, 0.3) is 5.91 Å². The topological polar surface area (TPSA) is 110 Å². The fraction of sp³-hybridized carbons (Fsp3) is 0.429. The fourth-order valence-corrected chi connectivity index (χ4v) is 1.65. The summed E-state index contributed by atoms with van der Waals surface area (Å²) in [7, 11) is 0. The molecule has 0 spiro atoms. The van der Waals surface area contributed by atoms with Gasteiger partial charge in [-0.05, 0) is 31.5 Å². The predicted molar refractivity (Wildman–Crippen MR) is 80.4 cm³/mol. The third-order valence-electron chi connectivity index (χ3n) is 3.02. The molecule has 0 saturated carbocycles. The van der Waals surface area contributed by atoms with Crippen molar-refractivity contribution in [3.05, 3.63) is 23.8 Å². The molecule has 0 fully saturated rings. The Labute approximate surface area is 118 Å². The molecule has 0 saturated heterocycles. The van der Waals surface area contributed by atoms with Crippen molar-refractivity contribution in [3.63, 3.8) is 0 Å². The lowest BCUT2D eigenvalue weighted by Gasteiger charge is -2.12. The number of nitrogens with one attached hydrogen (secondary N) is 2. The first-order chi connectivity index (χ1) is 9.43. The second-order valence-electron chi connectivity index (χ2n) is 4.72. The minimum Gasteiger partial charge on any atom is -0.398 e. The predicted octanol–water partition coefficient (Wildman–Crippen LogP) is 1.08. The number of amides is 2. The van der Waals surface area contributed by atoms with E-state index in [1.54, 1.807) is 18.2 Å². The van der Waals surface area contributed by atoms with Crippen molar-refractivity contribution in [3.8, 4) is 0 Å². The van der Waals surface area contributed by atoms with Crippen LogP contribution >= 0.6 is 0 Å². The molecule has 0 bridgehead atoms. The largest absolute Gasteiger partial charge is 0.398 e. The molecule has 1 atom stereocenters. The minimum atomic E-state index is -0.569. The molecule has 6 nitrogen and oxygen atoms in total. The van der Waals surface area contributed by atoms with Crippen LogP contribution in [0.15, 0.2) is 18.2 Å². The van der Waals surface area contributed by atoms with Gasteiger partial charge in [0.2, 0.25) is 5.91 Å². The molecule has 0 aliphatic rings. The molecule has 2 amide bonds. The molecule has 1 aromatic carbocycles. The number of hydrogen-bond donors (Lipinski definition) is 4. The molecule has 0 heterocycles. The van der Waals surface area contributed by atoms with Gasteiger partial charge in [-0.1, -0.05) is 6.92 Å². The zero-order valence-corrected chi connectivity index (χ0v) is 11.9. The Morgan fingerprint density at radius 3 is 2.65 bits per heavy atom. The average Bonchev–Trinajstić information content (AvgIpc) is 2.40. The molecule has 1 unspecified atom stereocenters. The summed E-state index contributed by atoms with van der Waals surface area (Å²) in [4.78, 5) is 22.7. The lowest BCUT2D eigenvalue weighted by atomic mass is 10.1. The van der Waals surface area contributed by atoms with E-state index in [0.717, 1.165) is 6.42 Å². The Hall–Kier alpha value is -2.24. The van der Waals surface area contributed by atoms with Crippen LogP contribution in [0.1, 0.15) is 37.0 Å². The maximum absolute atomic E-state index is 11.6. The molecular weight excluding hydrogens is 256 g/mol. The molecule has 20 heavy (non-hydrogen) atoms. The molecule has 0 aliphatic carbocycles. The van der Waals surface area contributed by atoms with Crippen molar-refractivity contribution in [2.24, 2.45) is 5.73 Å². The van der Waals surface area contributed by atoms with E-state index >= 15 is 0 Å². The van der Waals surface area contributed by atoms with Crippen LogP contribution in [0.5, 0.6) is 0 Å². The molecule has 110 valence electrons. The van der Waals surface area contributed by atoms with Gasteiger partial charge in [0.05, 0.1) is 5.56 Å². The summed E-state index contributed by atoms with van der Waals surface area (Å²) in [6, 6.07) is 5.13. The van der Waals surface area contributed by atoms with Crippen LogP contribution in [0.4, 0.5) is 11.4 Å². The van der Waals surface area contributed by atoms with Crippen molar-refractivity contribution >= 4 is 23.2 Å². The SMILES string of the molecule is CCC(C)NC(=O)CCNc1ccc(N)c(C(N)=O)c1. The number of nitrogens with two attached hydrogens (primary N) is 2. The smallest absolute Gasteiger partial charge is 0.250 e. The lowest BCUT2D eigenvalue weighted by Crippen LogP contribution is -2.32. The van der Waals surface area contributed by atoms with Crippen molar-refractivity contribution in [1.29, 1.82) is 0 Å². The number of carbonyl (C=O) groups excluding carboxylic acids is 2. The van der Waals surface area contributed by atoms with Crippen molar-refractivity contribution in [1.82, 2.24) is 5.32 Å². The number of rotatable bonds is 7. The summed E-state index contributed by atoms with van der Waals surface area (Å²) >= 11 is 0. The first-order valence-electron chi connectivity index (χ1n) is 6.66. The van der Waals surface area contributed by atoms with Crippen LogP contribution in [0, 0.1) is 0 Å². The van der Waals surface area contributed by atoms with E-state index in [1.165, 1.54) is 0 Å². The number of carbonyl (C=O) groups is 2. The van der Waals surface area contributed by atoms with Crippen molar-refractivity contribution in [2.75, 3.05) is 17.6 Å². The number of hydrogen-bond acceptors (Lipinski definition) is 4. The highest BCUT2D eigenvalue weighted by Gasteiger charge is 2.08. The number of nitrogen functional groups attached to an aromatic ring is 1. The Morgan fingerprint density at radius 1 is 1.35 bits per heavy atom. The zero-order chi connectivity index (χ0) is 15.1. The van der Waals surface area contributed by atoms with Gasteiger partial charge in [-0.15, -0.1) is 0 Å². The van der Waals surface area contributed by atoms with E-state index in [1.807, 2.05) is 13.8 Å². The van der Waals surface area contributed by atoms with Gasteiger partial charge in [0.15, 0.2) is 0 Å². The summed E-state index contributed by atoms with van der Waals surface area (Å²) in [6.45, 7) is 4.46. The van der Waals surface area contributed by atoms with Gasteiger partial charge in [-0.25, -0.2) is 0 Å². The van der Waals surface area contributed by atoms with Gasteiger partial charge in [0.1, 0.15) is 0 Å². The molecular formula is C14H22N4O2. The molecule has 1 rings (SSSR count). The Bertz CT molecular complexity index is 488. The third kappa shape index (κ3) is 4.79. The van der Waals surface area contributed by atoms with Gasteiger partial charge < -0.3 is 22.1 Å². The van der Waals surface area contributed by atoms with E-state index in [-0.39, 0.29) is 17.5 Å². The van der Waals surface area contributed by atoms with E-state index in [4.69, 9.17) is 11.5 Å². The van der Waals surface area contributed by atoms with E-state index in [9.17, 15) is 9.59 Å². The van der Waals surface area contributed by atoms with Crippen LogP contribution in [-0.4, -0.2) is 24.4 Å². The first kappa shape index (κ1) is 15.8. The zero-order valence-electron chi connectivity index (χ0n) is 11.9. The number of primary amides is 1. The lowest BCUT2D eigenvalue weighted by molar-refractivity contribution is -0.121. The standard InChI is InChI=1S/C14H22N4O2/c1-3-9(2)18-13(19)6-7-17-10-4-5-12(15)11(8-10)14(16)20/h4-5,8-9,17H,3,6-7,15H2,1-2H3,(H2,16,20)(H,18,19). The highest BCUT2D eigenvalue weighted by Crippen LogP contribution is 2.17. The van der Waals surface area contributed by atoms with Crippen molar-refractivity contribution in [2.45, 2.75) is 32.7 Å². The van der Waals surface area contributed by atoms with E-state index < -0.39 is 5.91 Å².